The largest absolute Gasteiger partial charge is 0.507 e. The average molecular weight is 283 g/mol. The minimum Gasteiger partial charge on any atom is -0.507 e. The Kier molecular flexibility index (Phi) is 2.66. The number of carbonyl (C=O) groups excluding carboxylic acids is 2. The van der Waals surface area contributed by atoms with Crippen LogP contribution < -0.4 is 10.6 Å². The second kappa shape index (κ2) is 3.97. The molecule has 1 saturated heterocycles. The van der Waals surface area contributed by atoms with Gasteiger partial charge in [-0.2, -0.15) is 0 Å². The zero-order valence-corrected chi connectivity index (χ0v) is 9.54. The summed E-state index contributed by atoms with van der Waals surface area (Å²) < 4.78 is 0.766. The van der Waals surface area contributed by atoms with Crippen LogP contribution in [0, 0.1) is 0 Å². The molecule has 1 aliphatic heterocycles. The standard InChI is InChI=1S/C10H7BrN2O3/c11-6-1-2-8(14)5(3-6)4-7-9(15)13-10(16)12-7/h1-4,14H,(H2,12,13,15,16)/b7-4-. The van der Waals surface area contributed by atoms with Crippen molar-refractivity contribution in [2.45, 2.75) is 0 Å². The summed E-state index contributed by atoms with van der Waals surface area (Å²) in [5.41, 5.74) is 0.556. The molecule has 0 aromatic heterocycles. The second-order valence-electron chi connectivity index (χ2n) is 3.17. The monoisotopic (exact) mass is 282 g/mol. The van der Waals surface area contributed by atoms with Gasteiger partial charge < -0.3 is 10.4 Å². The van der Waals surface area contributed by atoms with Gasteiger partial charge in [0.05, 0.1) is 0 Å². The van der Waals surface area contributed by atoms with E-state index in [1.807, 2.05) is 0 Å². The van der Waals surface area contributed by atoms with E-state index < -0.39 is 11.9 Å². The van der Waals surface area contributed by atoms with E-state index in [4.69, 9.17) is 0 Å². The lowest BCUT2D eigenvalue weighted by molar-refractivity contribution is -0.115. The average Bonchev–Trinajstić information content (AvgIpc) is 2.51. The summed E-state index contributed by atoms with van der Waals surface area (Å²) in [5, 5.41) is 13.9. The van der Waals surface area contributed by atoms with Crippen molar-refractivity contribution >= 4 is 33.9 Å². The maximum Gasteiger partial charge on any atom is 0.326 e. The molecule has 0 bridgehead atoms. The molecule has 1 heterocycles. The minimum absolute atomic E-state index is 0.0321. The van der Waals surface area contributed by atoms with Gasteiger partial charge in [0.1, 0.15) is 11.4 Å². The fraction of sp³-hybridized carbons (Fsp3) is 0. The molecule has 0 aliphatic carbocycles. The molecule has 2 rings (SSSR count). The van der Waals surface area contributed by atoms with Crippen molar-refractivity contribution in [1.29, 1.82) is 0 Å². The number of hydrogen-bond donors (Lipinski definition) is 3. The number of rotatable bonds is 1. The summed E-state index contributed by atoms with van der Waals surface area (Å²) >= 11 is 3.24. The molecule has 1 aromatic rings. The third kappa shape index (κ3) is 2.06. The summed E-state index contributed by atoms with van der Waals surface area (Å²) in [6, 6.07) is 4.24. The Hall–Kier alpha value is -1.82. The molecule has 1 aromatic carbocycles. The number of phenols is 1. The molecule has 0 unspecified atom stereocenters. The van der Waals surface area contributed by atoms with Crippen LogP contribution in [0.4, 0.5) is 4.79 Å². The van der Waals surface area contributed by atoms with Gasteiger partial charge in [0, 0.05) is 10.0 Å². The van der Waals surface area contributed by atoms with Crippen LogP contribution in [0.1, 0.15) is 5.56 Å². The SMILES string of the molecule is O=C1NC(=O)/C(=C/c2cc(Br)ccc2O)N1. The highest BCUT2D eigenvalue weighted by molar-refractivity contribution is 9.10. The van der Waals surface area contributed by atoms with Crippen LogP contribution in [-0.4, -0.2) is 17.0 Å². The molecule has 82 valence electrons. The Labute approximate surface area is 99.3 Å². The first-order valence-electron chi connectivity index (χ1n) is 4.39. The number of aromatic hydroxyl groups is 1. The zero-order valence-electron chi connectivity index (χ0n) is 7.95. The number of halogens is 1. The van der Waals surface area contributed by atoms with Crippen LogP contribution >= 0.6 is 15.9 Å². The van der Waals surface area contributed by atoms with E-state index in [-0.39, 0.29) is 11.4 Å². The van der Waals surface area contributed by atoms with E-state index >= 15 is 0 Å². The zero-order chi connectivity index (χ0) is 11.7. The molecular weight excluding hydrogens is 276 g/mol. The third-order valence-electron chi connectivity index (χ3n) is 2.01. The fourth-order valence-electron chi connectivity index (χ4n) is 1.28. The molecule has 3 amide bonds. The molecule has 0 atom stereocenters. The Morgan fingerprint density at radius 2 is 2.00 bits per heavy atom. The molecule has 16 heavy (non-hydrogen) atoms. The van der Waals surface area contributed by atoms with Gasteiger partial charge in [0.25, 0.3) is 5.91 Å². The Morgan fingerprint density at radius 3 is 2.62 bits per heavy atom. The van der Waals surface area contributed by atoms with Gasteiger partial charge >= 0.3 is 6.03 Å². The van der Waals surface area contributed by atoms with E-state index in [1.54, 1.807) is 12.1 Å². The molecule has 1 aliphatic rings. The van der Waals surface area contributed by atoms with Gasteiger partial charge in [0.2, 0.25) is 0 Å². The van der Waals surface area contributed by atoms with Crippen LogP contribution in [0.5, 0.6) is 5.75 Å². The van der Waals surface area contributed by atoms with Gasteiger partial charge in [-0.1, -0.05) is 15.9 Å². The predicted molar refractivity (Wildman–Crippen MR) is 60.5 cm³/mol. The Balaban J connectivity index is 2.39. The maximum atomic E-state index is 11.2. The van der Waals surface area contributed by atoms with Crippen LogP contribution in [0.25, 0.3) is 6.08 Å². The number of urea groups is 1. The van der Waals surface area contributed by atoms with Gasteiger partial charge in [-0.25, -0.2) is 4.79 Å². The first-order valence-corrected chi connectivity index (χ1v) is 5.18. The molecular formula is C10H7BrN2O3. The van der Waals surface area contributed by atoms with E-state index in [0.717, 1.165) is 4.47 Å². The van der Waals surface area contributed by atoms with Crippen LogP contribution in [0.2, 0.25) is 0 Å². The number of carbonyl (C=O) groups is 2. The minimum atomic E-state index is -0.564. The fourth-order valence-corrected chi connectivity index (χ4v) is 1.66. The summed E-state index contributed by atoms with van der Waals surface area (Å²) in [4.78, 5) is 22.1. The lowest BCUT2D eigenvalue weighted by Gasteiger charge is -2.00. The number of phenolic OH excluding ortho intramolecular Hbond substituents is 1. The predicted octanol–water partition coefficient (Wildman–Crippen LogP) is 1.33. The topological polar surface area (TPSA) is 78.4 Å². The van der Waals surface area contributed by atoms with Crippen LogP contribution in [0.15, 0.2) is 28.4 Å². The molecule has 3 N–H and O–H groups in total. The molecule has 0 saturated carbocycles. The highest BCUT2D eigenvalue weighted by Gasteiger charge is 2.23. The number of nitrogens with one attached hydrogen (secondary N) is 2. The Bertz CT molecular complexity index is 511. The number of benzene rings is 1. The summed E-state index contributed by atoms with van der Waals surface area (Å²) in [5.74, 6) is -0.478. The molecule has 5 nitrogen and oxygen atoms in total. The lowest BCUT2D eigenvalue weighted by atomic mass is 10.1. The first-order chi connectivity index (χ1) is 7.56. The van der Waals surface area contributed by atoms with Crippen molar-refractivity contribution in [1.82, 2.24) is 10.6 Å². The normalized spacial score (nSPS) is 17.4. The van der Waals surface area contributed by atoms with Gasteiger partial charge in [-0.05, 0) is 24.3 Å². The maximum absolute atomic E-state index is 11.2. The van der Waals surface area contributed by atoms with Crippen molar-refractivity contribution in [3.8, 4) is 5.75 Å². The van der Waals surface area contributed by atoms with Crippen molar-refractivity contribution in [3.63, 3.8) is 0 Å². The van der Waals surface area contributed by atoms with Crippen LogP contribution in [-0.2, 0) is 4.79 Å². The smallest absolute Gasteiger partial charge is 0.326 e. The van der Waals surface area contributed by atoms with Crippen molar-refractivity contribution < 1.29 is 14.7 Å². The van der Waals surface area contributed by atoms with Crippen molar-refractivity contribution in [3.05, 3.63) is 33.9 Å². The molecule has 6 heteroatoms. The molecule has 0 radical (unpaired) electrons. The third-order valence-corrected chi connectivity index (χ3v) is 2.50. The van der Waals surface area contributed by atoms with Gasteiger partial charge in [-0.3, -0.25) is 10.1 Å². The highest BCUT2D eigenvalue weighted by Crippen LogP contribution is 2.24. The highest BCUT2D eigenvalue weighted by atomic mass is 79.9. The second-order valence-corrected chi connectivity index (χ2v) is 4.09. The van der Waals surface area contributed by atoms with E-state index in [2.05, 4.69) is 26.6 Å². The van der Waals surface area contributed by atoms with Crippen molar-refractivity contribution in [2.75, 3.05) is 0 Å². The summed E-state index contributed by atoms with van der Waals surface area (Å²) in [6.45, 7) is 0. The quantitative estimate of drug-likeness (QED) is 0.537. The molecule has 0 spiro atoms. The van der Waals surface area contributed by atoms with Crippen LogP contribution in [0.3, 0.4) is 0 Å². The van der Waals surface area contributed by atoms with E-state index in [9.17, 15) is 14.7 Å². The number of hydrogen-bond acceptors (Lipinski definition) is 3. The van der Waals surface area contributed by atoms with Crippen molar-refractivity contribution in [2.24, 2.45) is 0 Å². The van der Waals surface area contributed by atoms with Gasteiger partial charge in [-0.15, -0.1) is 0 Å². The molecule has 1 fully saturated rings. The van der Waals surface area contributed by atoms with E-state index in [1.165, 1.54) is 12.1 Å². The van der Waals surface area contributed by atoms with Gasteiger partial charge in [0.15, 0.2) is 0 Å². The number of amides is 3. The first kappa shape index (κ1) is 10.7. The Morgan fingerprint density at radius 1 is 1.25 bits per heavy atom. The number of imide groups is 1. The summed E-state index contributed by atoms with van der Waals surface area (Å²) in [7, 11) is 0. The lowest BCUT2D eigenvalue weighted by Crippen LogP contribution is -2.22. The summed E-state index contributed by atoms with van der Waals surface area (Å²) in [6.07, 6.45) is 1.40. The van der Waals surface area contributed by atoms with E-state index in [0.29, 0.717) is 5.56 Å².